The summed E-state index contributed by atoms with van der Waals surface area (Å²) >= 11 is 0. The van der Waals surface area contributed by atoms with Gasteiger partial charge in [-0.25, -0.2) is 0 Å². The molecule has 3 nitrogen and oxygen atoms in total. The lowest BCUT2D eigenvalue weighted by Gasteiger charge is -2.34. The van der Waals surface area contributed by atoms with Crippen molar-refractivity contribution in [3.8, 4) is 0 Å². The van der Waals surface area contributed by atoms with Gasteiger partial charge < -0.3 is 10.2 Å². The van der Waals surface area contributed by atoms with Crippen LogP contribution in [0, 0.1) is 11.3 Å². The van der Waals surface area contributed by atoms with Crippen LogP contribution in [0.15, 0.2) is 0 Å². The lowest BCUT2D eigenvalue weighted by molar-refractivity contribution is -0.138. The molecule has 0 aromatic heterocycles. The minimum atomic E-state index is 0. The molecule has 0 unspecified atom stereocenters. The predicted molar refractivity (Wildman–Crippen MR) is 77.1 cm³/mol. The highest BCUT2D eigenvalue weighted by atomic mass is 35.5. The van der Waals surface area contributed by atoms with E-state index in [1.807, 2.05) is 7.05 Å². The molecule has 1 saturated carbocycles. The van der Waals surface area contributed by atoms with Crippen LogP contribution in [0.5, 0.6) is 0 Å². The fraction of sp³-hybridized carbons (Fsp3) is 0.929. The van der Waals surface area contributed by atoms with E-state index in [0.29, 0.717) is 5.91 Å². The van der Waals surface area contributed by atoms with E-state index in [4.69, 9.17) is 0 Å². The van der Waals surface area contributed by atoms with E-state index in [2.05, 4.69) is 17.1 Å². The summed E-state index contributed by atoms with van der Waals surface area (Å²) in [6.07, 6.45) is 6.95. The van der Waals surface area contributed by atoms with Crippen molar-refractivity contribution < 1.29 is 4.79 Å². The maximum atomic E-state index is 12.3. The minimum absolute atomic E-state index is 0. The lowest BCUT2D eigenvalue weighted by atomic mass is 9.92. The van der Waals surface area contributed by atoms with E-state index in [1.165, 1.54) is 19.3 Å². The molecule has 0 spiro atoms. The maximum absolute atomic E-state index is 12.3. The van der Waals surface area contributed by atoms with Gasteiger partial charge in [-0.1, -0.05) is 6.92 Å². The second-order valence-corrected chi connectivity index (χ2v) is 5.76. The van der Waals surface area contributed by atoms with Gasteiger partial charge in [0.2, 0.25) is 5.91 Å². The number of nitrogens with one attached hydrogen (secondary N) is 1. The van der Waals surface area contributed by atoms with Crippen LogP contribution in [0.1, 0.15) is 45.4 Å². The van der Waals surface area contributed by atoms with Gasteiger partial charge in [-0.3, -0.25) is 4.79 Å². The van der Waals surface area contributed by atoms with Crippen molar-refractivity contribution in [2.24, 2.45) is 11.3 Å². The Morgan fingerprint density at radius 2 is 1.94 bits per heavy atom. The molecular weight excluding hydrogens is 248 g/mol. The third-order valence-corrected chi connectivity index (χ3v) is 4.69. The zero-order valence-electron chi connectivity index (χ0n) is 11.7. The zero-order chi connectivity index (χ0) is 12.3. The molecule has 1 aliphatic carbocycles. The second kappa shape index (κ2) is 6.76. The number of piperidine rings is 1. The lowest BCUT2D eigenvalue weighted by Crippen LogP contribution is -2.42. The zero-order valence-corrected chi connectivity index (χ0v) is 12.5. The fourth-order valence-corrected chi connectivity index (χ4v) is 2.98. The van der Waals surface area contributed by atoms with Crippen LogP contribution in [0.3, 0.4) is 0 Å². The Hall–Kier alpha value is -0.280. The Bertz CT molecular complexity index is 271. The highest BCUT2D eigenvalue weighted by molar-refractivity contribution is 5.85. The number of halogens is 1. The number of nitrogens with zero attached hydrogens (tertiary/aromatic N) is 1. The van der Waals surface area contributed by atoms with Gasteiger partial charge in [-0.2, -0.15) is 0 Å². The standard InChI is InChI=1S/C14H26N2O.ClH/c1-3-14(7-8-14)13(17)16-10-5-12(6-11-16)4-9-15-2;/h12,15H,3-11H2,1-2H3;1H. The Kier molecular flexibility index (Phi) is 5.93. The fourth-order valence-electron chi connectivity index (χ4n) is 2.98. The first-order valence-corrected chi connectivity index (χ1v) is 7.16. The second-order valence-electron chi connectivity index (χ2n) is 5.76. The summed E-state index contributed by atoms with van der Waals surface area (Å²) in [6, 6.07) is 0. The summed E-state index contributed by atoms with van der Waals surface area (Å²) in [5.41, 5.74) is 0.0673. The first kappa shape index (κ1) is 15.8. The third-order valence-electron chi connectivity index (χ3n) is 4.69. The quantitative estimate of drug-likeness (QED) is 0.835. The molecule has 1 heterocycles. The number of hydrogen-bond acceptors (Lipinski definition) is 2. The van der Waals surface area contributed by atoms with Gasteiger partial charge in [0.05, 0.1) is 0 Å². The number of rotatable bonds is 5. The van der Waals surface area contributed by atoms with Gasteiger partial charge in [-0.05, 0) is 58.0 Å². The molecule has 1 N–H and O–H groups in total. The van der Waals surface area contributed by atoms with Crippen LogP contribution < -0.4 is 5.32 Å². The van der Waals surface area contributed by atoms with Crippen molar-refractivity contribution in [2.75, 3.05) is 26.7 Å². The molecule has 2 aliphatic rings. The van der Waals surface area contributed by atoms with Crippen molar-refractivity contribution >= 4 is 18.3 Å². The molecule has 1 saturated heterocycles. The summed E-state index contributed by atoms with van der Waals surface area (Å²) in [4.78, 5) is 14.5. The van der Waals surface area contributed by atoms with Crippen molar-refractivity contribution in [1.29, 1.82) is 0 Å². The first-order chi connectivity index (χ1) is 8.22. The average molecular weight is 275 g/mol. The number of likely N-dealkylation sites (tertiary alicyclic amines) is 1. The van der Waals surface area contributed by atoms with Gasteiger partial charge in [0.1, 0.15) is 0 Å². The monoisotopic (exact) mass is 274 g/mol. The van der Waals surface area contributed by atoms with Crippen molar-refractivity contribution in [1.82, 2.24) is 10.2 Å². The molecule has 0 bridgehead atoms. The van der Waals surface area contributed by atoms with Crippen LogP contribution in [0.4, 0.5) is 0 Å². The molecule has 106 valence electrons. The average Bonchev–Trinajstić information content (AvgIpc) is 3.17. The number of carbonyl (C=O) groups excluding carboxylic acids is 1. The van der Waals surface area contributed by atoms with Crippen molar-refractivity contribution in [2.45, 2.75) is 45.4 Å². The Morgan fingerprint density at radius 3 is 2.39 bits per heavy atom. The Morgan fingerprint density at radius 1 is 1.33 bits per heavy atom. The third kappa shape index (κ3) is 3.39. The molecule has 0 atom stereocenters. The molecule has 18 heavy (non-hydrogen) atoms. The summed E-state index contributed by atoms with van der Waals surface area (Å²) in [7, 11) is 2.01. The molecule has 0 aromatic carbocycles. The molecule has 1 amide bonds. The van der Waals surface area contributed by atoms with Crippen LogP contribution in [-0.4, -0.2) is 37.5 Å². The summed E-state index contributed by atoms with van der Waals surface area (Å²) in [6.45, 7) is 5.26. The Labute approximate surface area is 117 Å². The summed E-state index contributed by atoms with van der Waals surface area (Å²) in [5, 5.41) is 3.21. The summed E-state index contributed by atoms with van der Waals surface area (Å²) in [5.74, 6) is 1.27. The van der Waals surface area contributed by atoms with Crippen LogP contribution in [0.25, 0.3) is 0 Å². The van der Waals surface area contributed by atoms with Crippen molar-refractivity contribution in [3.05, 3.63) is 0 Å². The maximum Gasteiger partial charge on any atom is 0.228 e. The molecule has 4 heteroatoms. The van der Waals surface area contributed by atoms with E-state index in [0.717, 1.165) is 44.8 Å². The van der Waals surface area contributed by atoms with Gasteiger partial charge in [0.15, 0.2) is 0 Å². The highest BCUT2D eigenvalue weighted by Crippen LogP contribution is 2.50. The van der Waals surface area contributed by atoms with Gasteiger partial charge in [0, 0.05) is 18.5 Å². The normalized spacial score (nSPS) is 22.4. The minimum Gasteiger partial charge on any atom is -0.342 e. The van der Waals surface area contributed by atoms with Gasteiger partial charge in [-0.15, -0.1) is 12.4 Å². The number of carbonyl (C=O) groups is 1. The van der Waals surface area contributed by atoms with Crippen LogP contribution >= 0.6 is 12.4 Å². The van der Waals surface area contributed by atoms with E-state index in [1.54, 1.807) is 0 Å². The van der Waals surface area contributed by atoms with E-state index < -0.39 is 0 Å². The van der Waals surface area contributed by atoms with Gasteiger partial charge in [0.25, 0.3) is 0 Å². The molecule has 2 rings (SSSR count). The van der Waals surface area contributed by atoms with Crippen LogP contribution in [-0.2, 0) is 4.79 Å². The highest BCUT2D eigenvalue weighted by Gasteiger charge is 2.50. The van der Waals surface area contributed by atoms with Crippen molar-refractivity contribution in [3.63, 3.8) is 0 Å². The first-order valence-electron chi connectivity index (χ1n) is 7.16. The molecule has 0 aromatic rings. The SMILES string of the molecule is CCC1(C(=O)N2CCC(CCNC)CC2)CC1.Cl. The number of amides is 1. The smallest absolute Gasteiger partial charge is 0.228 e. The summed E-state index contributed by atoms with van der Waals surface area (Å²) < 4.78 is 0. The van der Waals surface area contributed by atoms with Gasteiger partial charge >= 0.3 is 0 Å². The molecular formula is C14H27ClN2O. The molecule has 2 fully saturated rings. The molecule has 0 radical (unpaired) electrons. The van der Waals surface area contributed by atoms with Crippen LogP contribution in [0.2, 0.25) is 0 Å². The topological polar surface area (TPSA) is 32.3 Å². The number of hydrogen-bond donors (Lipinski definition) is 1. The van der Waals surface area contributed by atoms with E-state index >= 15 is 0 Å². The van der Waals surface area contributed by atoms with E-state index in [-0.39, 0.29) is 17.8 Å². The predicted octanol–water partition coefficient (Wildman–Crippen LogP) is 2.45. The van der Waals surface area contributed by atoms with E-state index in [9.17, 15) is 4.79 Å². The Balaban J connectivity index is 0.00000162. The largest absolute Gasteiger partial charge is 0.342 e. The molecule has 1 aliphatic heterocycles.